The van der Waals surface area contributed by atoms with Crippen LogP contribution in [0.25, 0.3) is 199 Å². The van der Waals surface area contributed by atoms with Gasteiger partial charge in [0.1, 0.15) is 11.1 Å². The molecular formula is C110H71N10OP. The van der Waals surface area contributed by atoms with Gasteiger partial charge in [0.2, 0.25) is 0 Å². The molecule has 0 saturated carbocycles. The zero-order chi connectivity index (χ0) is 81.3. The van der Waals surface area contributed by atoms with Crippen molar-refractivity contribution in [3.05, 3.63) is 431 Å². The number of para-hydroxylation sites is 3. The summed E-state index contributed by atoms with van der Waals surface area (Å²) >= 11 is 0. The van der Waals surface area contributed by atoms with E-state index in [-0.39, 0.29) is 0 Å². The zero-order valence-electron chi connectivity index (χ0n) is 65.8. The largest absolute Gasteiger partial charge is 0.307 e. The summed E-state index contributed by atoms with van der Waals surface area (Å²) in [6, 6.07) is 140. The highest BCUT2D eigenvalue weighted by molar-refractivity contribution is 7.85. The number of benzene rings is 15. The molecule has 8 aromatic heterocycles. The lowest BCUT2D eigenvalue weighted by atomic mass is 9.95. The van der Waals surface area contributed by atoms with E-state index in [1.54, 1.807) is 0 Å². The molecule has 0 radical (unpaired) electrons. The van der Waals surface area contributed by atoms with Crippen molar-refractivity contribution in [2.45, 2.75) is 0 Å². The molecule has 0 bridgehead atoms. The molecule has 0 saturated heterocycles. The lowest BCUT2D eigenvalue weighted by Gasteiger charge is -2.19. The molecule has 23 aromatic rings. The van der Waals surface area contributed by atoms with Gasteiger partial charge in [0.05, 0.1) is 62.1 Å². The Hall–Kier alpha value is -16.1. The number of hydrogen-bond acceptors (Lipinski definition) is 11. The summed E-state index contributed by atoms with van der Waals surface area (Å²) in [6.45, 7) is 0. The second kappa shape index (κ2) is 32.1. The first-order valence-corrected chi connectivity index (χ1v) is 42.3. The van der Waals surface area contributed by atoms with E-state index < -0.39 is 7.14 Å². The SMILES string of the molecule is O=P(c1ccccc1)(c1ccccc1)c1ccc(-c2nc3ccccc3c3c2ccc2ccccc23)cn1.c1ccc(-c2cc(-c3ccc(-c4nc5ccccc5c5c4ccc4ccccc45)cn3)nc(-c3ccccc3)n2)cc1.c1ccc(-c2cc(-c3ccccc3)nc(-c3ccc(-c4nc5ccccc5c5c4ccc4ccccc45)cn3)n2)cc1. The summed E-state index contributed by atoms with van der Waals surface area (Å²) < 4.78 is 14.7. The molecule has 12 heteroatoms. The number of fused-ring (bicyclic) bond motifs is 15. The van der Waals surface area contributed by atoms with Crippen LogP contribution in [0.1, 0.15) is 0 Å². The fourth-order valence-corrected chi connectivity index (χ4v) is 19.2. The quantitative estimate of drug-likeness (QED) is 0.0851. The van der Waals surface area contributed by atoms with E-state index in [1.165, 1.54) is 48.5 Å². The second-order valence-electron chi connectivity index (χ2n) is 30.0. The van der Waals surface area contributed by atoms with Crippen LogP contribution in [0.5, 0.6) is 0 Å². The second-order valence-corrected chi connectivity index (χ2v) is 32.7. The van der Waals surface area contributed by atoms with Crippen LogP contribution in [-0.2, 0) is 4.57 Å². The summed E-state index contributed by atoms with van der Waals surface area (Å²) in [4.78, 5) is 49.7. The minimum absolute atomic E-state index is 0.564. The average Bonchev–Trinajstić information content (AvgIpc) is 0.745. The normalized spacial score (nSPS) is 11.5. The number of aromatic nitrogens is 10. The Balaban J connectivity index is 0.000000113. The molecule has 0 aliphatic rings. The van der Waals surface area contributed by atoms with Gasteiger partial charge >= 0.3 is 0 Å². The first-order chi connectivity index (χ1) is 60.4. The van der Waals surface area contributed by atoms with Gasteiger partial charge in [0.25, 0.3) is 0 Å². The Morgan fingerprint density at radius 1 is 0.189 bits per heavy atom. The van der Waals surface area contributed by atoms with Gasteiger partial charge in [0, 0.05) is 117 Å². The van der Waals surface area contributed by atoms with E-state index in [0.717, 1.165) is 144 Å². The molecule has 0 aliphatic heterocycles. The number of rotatable bonds is 12. The van der Waals surface area contributed by atoms with Crippen LogP contribution in [0, 0.1) is 0 Å². The first-order valence-electron chi connectivity index (χ1n) is 40.6. The molecule has 23 rings (SSSR count). The fraction of sp³-hybridized carbons (Fsp3) is 0. The maximum atomic E-state index is 14.7. The smallest absolute Gasteiger partial charge is 0.188 e. The Morgan fingerprint density at radius 3 is 0.861 bits per heavy atom. The number of pyridine rings is 6. The third-order valence-corrected chi connectivity index (χ3v) is 25.6. The van der Waals surface area contributed by atoms with Crippen molar-refractivity contribution < 1.29 is 4.57 Å². The van der Waals surface area contributed by atoms with Crippen LogP contribution in [0.2, 0.25) is 0 Å². The zero-order valence-corrected chi connectivity index (χ0v) is 66.7. The Bertz CT molecular complexity index is 7410. The third kappa shape index (κ3) is 14.0. The Labute approximate surface area is 703 Å². The van der Waals surface area contributed by atoms with Gasteiger partial charge in [-0.2, -0.15) is 0 Å². The highest BCUT2D eigenvalue weighted by Crippen LogP contribution is 2.45. The minimum Gasteiger partial charge on any atom is -0.307 e. The molecule has 15 aromatic carbocycles. The van der Waals surface area contributed by atoms with Crippen molar-refractivity contribution in [1.29, 1.82) is 0 Å². The number of hydrogen-bond donors (Lipinski definition) is 0. The molecule has 0 spiro atoms. The van der Waals surface area contributed by atoms with Gasteiger partial charge in [0.15, 0.2) is 18.8 Å². The third-order valence-electron chi connectivity index (χ3n) is 22.6. The van der Waals surface area contributed by atoms with Crippen LogP contribution in [0.15, 0.2) is 431 Å². The monoisotopic (exact) mass is 1580 g/mol. The van der Waals surface area contributed by atoms with Crippen molar-refractivity contribution in [3.8, 4) is 102 Å². The summed E-state index contributed by atoms with van der Waals surface area (Å²) in [7, 11) is -3.14. The van der Waals surface area contributed by atoms with Crippen molar-refractivity contribution in [1.82, 2.24) is 49.8 Å². The van der Waals surface area contributed by atoms with E-state index >= 15 is 0 Å². The predicted molar refractivity (Wildman–Crippen MR) is 503 cm³/mol. The van der Waals surface area contributed by atoms with Crippen LogP contribution in [0.4, 0.5) is 0 Å². The van der Waals surface area contributed by atoms with E-state index in [2.05, 4.69) is 212 Å². The molecule has 8 heterocycles. The maximum Gasteiger partial charge on any atom is 0.188 e. The van der Waals surface area contributed by atoms with E-state index in [4.69, 9.17) is 49.8 Å². The summed E-state index contributed by atoms with van der Waals surface area (Å²) in [6.07, 6.45) is 5.62. The first kappa shape index (κ1) is 73.5. The summed E-state index contributed by atoms with van der Waals surface area (Å²) in [5, 5.41) is 19.2. The Morgan fingerprint density at radius 2 is 0.492 bits per heavy atom. The molecule has 122 heavy (non-hydrogen) atoms. The van der Waals surface area contributed by atoms with E-state index in [1.807, 2.05) is 219 Å². The molecule has 0 atom stereocenters. The molecule has 572 valence electrons. The predicted octanol–water partition coefficient (Wildman–Crippen LogP) is 26.0. The van der Waals surface area contributed by atoms with Crippen LogP contribution < -0.4 is 16.0 Å². The van der Waals surface area contributed by atoms with Gasteiger partial charge in [-0.05, 0) is 99.0 Å². The van der Waals surface area contributed by atoms with Crippen LogP contribution in [0.3, 0.4) is 0 Å². The molecule has 11 nitrogen and oxygen atoms in total. The van der Waals surface area contributed by atoms with Gasteiger partial charge in [-0.15, -0.1) is 0 Å². The van der Waals surface area contributed by atoms with Gasteiger partial charge < -0.3 is 4.57 Å². The van der Waals surface area contributed by atoms with Crippen molar-refractivity contribution in [2.75, 3.05) is 0 Å². The van der Waals surface area contributed by atoms with Gasteiger partial charge in [-0.3, -0.25) is 15.0 Å². The molecule has 0 unspecified atom stereocenters. The molecular weight excluding hydrogens is 1510 g/mol. The van der Waals surface area contributed by atoms with E-state index in [9.17, 15) is 4.57 Å². The topological polar surface area (TPSA) is 146 Å². The summed E-state index contributed by atoms with van der Waals surface area (Å²) in [5.41, 5.74) is 17.9. The fourth-order valence-electron chi connectivity index (χ4n) is 16.7. The molecule has 0 aliphatic carbocycles. The molecule has 0 N–H and O–H groups in total. The van der Waals surface area contributed by atoms with Crippen molar-refractivity contribution in [3.63, 3.8) is 0 Å². The van der Waals surface area contributed by atoms with Crippen molar-refractivity contribution >= 4 is 121 Å². The van der Waals surface area contributed by atoms with Crippen LogP contribution in [-0.4, -0.2) is 49.8 Å². The lowest BCUT2D eigenvalue weighted by molar-refractivity contribution is 0.592. The van der Waals surface area contributed by atoms with Gasteiger partial charge in [-0.25, -0.2) is 34.9 Å². The van der Waals surface area contributed by atoms with Gasteiger partial charge in [-0.1, -0.05) is 346 Å². The van der Waals surface area contributed by atoms with Crippen molar-refractivity contribution in [2.24, 2.45) is 0 Å². The maximum absolute atomic E-state index is 14.7. The number of nitrogens with zero attached hydrogens (tertiary/aromatic N) is 10. The molecule has 0 fully saturated rings. The highest BCUT2D eigenvalue weighted by atomic mass is 31.2. The minimum atomic E-state index is -3.14. The lowest BCUT2D eigenvalue weighted by Crippen LogP contribution is -2.26. The van der Waals surface area contributed by atoms with Crippen LogP contribution >= 0.6 is 7.14 Å². The Kier molecular flexibility index (Phi) is 19.3. The highest BCUT2D eigenvalue weighted by Gasteiger charge is 2.32. The average molecular weight is 1580 g/mol. The standard InChI is InChI=1S/2C38H24N4.C34H23N2OP/c1-3-12-26(13-4-1)34-23-35(42-38(41-34)27-14-5-2-6-15-27)33-22-20-28(24-39-33)37-31-21-19-25-11-7-8-16-29(25)36(31)30-17-9-10-18-32(30)40-37;1-3-12-26(13-4-1)34-23-35(27-14-5-2-6-15-27)42-38(41-34)33-22-20-28(24-39-33)37-31-21-19-25-11-7-8-16-29(25)36(31)30-17-9-10-18-32(30)40-37;37-38(26-12-3-1-4-13-26,27-14-5-2-6-15-27)32-22-20-25(23-35-32)34-30-21-19-24-11-7-8-16-28(24)33(30)29-17-9-10-18-31(29)36-34/h2*1-24H;1-23H. The summed E-state index contributed by atoms with van der Waals surface area (Å²) in [5.74, 6) is 1.26. The van der Waals surface area contributed by atoms with E-state index in [0.29, 0.717) is 22.8 Å². The molecule has 0 amide bonds.